The zero-order chi connectivity index (χ0) is 18.0. The SMILES string of the molecule is O=c1ccn(Cc2cccc(Br)c2)cc1C(O)c1cccc(Cl)c1Cl. The molecule has 0 aliphatic heterocycles. The molecule has 3 nitrogen and oxygen atoms in total. The van der Waals surface area contributed by atoms with E-state index in [-0.39, 0.29) is 16.0 Å². The maximum absolute atomic E-state index is 12.2. The van der Waals surface area contributed by atoms with Gasteiger partial charge in [-0.05, 0) is 23.8 Å². The highest BCUT2D eigenvalue weighted by Crippen LogP contribution is 2.32. The molecular formula is C19H14BrCl2NO2. The third kappa shape index (κ3) is 4.15. The molecule has 1 heterocycles. The van der Waals surface area contributed by atoms with Crippen LogP contribution >= 0.6 is 39.1 Å². The zero-order valence-electron chi connectivity index (χ0n) is 13.0. The van der Waals surface area contributed by atoms with E-state index in [9.17, 15) is 9.90 Å². The molecule has 1 N–H and O–H groups in total. The van der Waals surface area contributed by atoms with Gasteiger partial charge in [-0.15, -0.1) is 0 Å². The van der Waals surface area contributed by atoms with Crippen LogP contribution in [0.1, 0.15) is 22.8 Å². The van der Waals surface area contributed by atoms with Gasteiger partial charge in [0.25, 0.3) is 0 Å². The highest BCUT2D eigenvalue weighted by molar-refractivity contribution is 9.10. The Labute approximate surface area is 163 Å². The van der Waals surface area contributed by atoms with Crippen molar-refractivity contribution in [1.82, 2.24) is 4.57 Å². The quantitative estimate of drug-likeness (QED) is 0.619. The van der Waals surface area contributed by atoms with Crippen LogP contribution in [-0.4, -0.2) is 9.67 Å². The summed E-state index contributed by atoms with van der Waals surface area (Å²) in [6.07, 6.45) is 2.19. The monoisotopic (exact) mass is 437 g/mol. The Hall–Kier alpha value is -1.59. The van der Waals surface area contributed by atoms with Gasteiger partial charge in [-0.1, -0.05) is 63.4 Å². The summed E-state index contributed by atoms with van der Waals surface area (Å²) in [5, 5.41) is 11.2. The Balaban J connectivity index is 1.96. The van der Waals surface area contributed by atoms with Gasteiger partial charge >= 0.3 is 0 Å². The van der Waals surface area contributed by atoms with Crippen molar-refractivity contribution in [3.05, 3.63) is 102 Å². The number of rotatable bonds is 4. The number of aliphatic hydroxyl groups excluding tert-OH is 1. The number of benzene rings is 2. The summed E-state index contributed by atoms with van der Waals surface area (Å²) in [6.45, 7) is 0.572. The fourth-order valence-electron chi connectivity index (χ4n) is 2.59. The molecule has 3 aromatic rings. The van der Waals surface area contributed by atoms with E-state index < -0.39 is 6.10 Å². The molecule has 0 aliphatic carbocycles. The molecule has 6 heteroatoms. The smallest absolute Gasteiger partial charge is 0.187 e. The van der Waals surface area contributed by atoms with Gasteiger partial charge in [0.2, 0.25) is 0 Å². The van der Waals surface area contributed by atoms with Crippen molar-refractivity contribution in [2.75, 3.05) is 0 Å². The van der Waals surface area contributed by atoms with Gasteiger partial charge in [-0.3, -0.25) is 4.79 Å². The molecule has 1 unspecified atom stereocenters. The van der Waals surface area contributed by atoms with Crippen LogP contribution in [0.25, 0.3) is 0 Å². The fraction of sp³-hybridized carbons (Fsp3) is 0.105. The van der Waals surface area contributed by atoms with Crippen molar-refractivity contribution in [3.63, 3.8) is 0 Å². The molecule has 128 valence electrons. The third-order valence-corrected chi connectivity index (χ3v) is 5.16. The van der Waals surface area contributed by atoms with Crippen LogP contribution in [0.2, 0.25) is 10.0 Å². The Morgan fingerprint density at radius 1 is 1.08 bits per heavy atom. The molecule has 0 spiro atoms. The van der Waals surface area contributed by atoms with Crippen molar-refractivity contribution in [3.8, 4) is 0 Å². The lowest BCUT2D eigenvalue weighted by Gasteiger charge is -2.15. The predicted molar refractivity (Wildman–Crippen MR) is 104 cm³/mol. The predicted octanol–water partition coefficient (Wildman–Crippen LogP) is 5.05. The minimum atomic E-state index is -1.14. The molecule has 25 heavy (non-hydrogen) atoms. The number of nitrogens with zero attached hydrogens (tertiary/aromatic N) is 1. The molecule has 0 bridgehead atoms. The van der Waals surface area contributed by atoms with E-state index in [2.05, 4.69) is 15.9 Å². The molecule has 3 rings (SSSR count). The topological polar surface area (TPSA) is 42.2 Å². The second-order valence-electron chi connectivity index (χ2n) is 5.61. The molecule has 1 atom stereocenters. The number of halogens is 3. The summed E-state index contributed by atoms with van der Waals surface area (Å²) < 4.78 is 2.83. The second-order valence-corrected chi connectivity index (χ2v) is 7.31. The molecular weight excluding hydrogens is 425 g/mol. The Kier molecular flexibility index (Phi) is 5.64. The van der Waals surface area contributed by atoms with Crippen LogP contribution in [0.4, 0.5) is 0 Å². The van der Waals surface area contributed by atoms with E-state index >= 15 is 0 Å². The van der Waals surface area contributed by atoms with Gasteiger partial charge in [0.05, 0.1) is 10.0 Å². The van der Waals surface area contributed by atoms with E-state index in [1.807, 2.05) is 28.8 Å². The molecule has 0 saturated heterocycles. The van der Waals surface area contributed by atoms with Crippen LogP contribution in [0.5, 0.6) is 0 Å². The first kappa shape index (κ1) is 18.2. The van der Waals surface area contributed by atoms with E-state index in [0.29, 0.717) is 17.1 Å². The summed E-state index contributed by atoms with van der Waals surface area (Å²) in [4.78, 5) is 12.2. The number of hydrogen-bond donors (Lipinski definition) is 1. The Bertz CT molecular complexity index is 972. The summed E-state index contributed by atoms with van der Waals surface area (Å²) in [5.41, 5.74) is 1.47. The van der Waals surface area contributed by atoms with Crippen molar-refractivity contribution in [2.45, 2.75) is 12.6 Å². The molecule has 0 radical (unpaired) electrons. The van der Waals surface area contributed by atoms with E-state index in [0.717, 1.165) is 10.0 Å². The second kappa shape index (κ2) is 7.75. The first-order valence-electron chi connectivity index (χ1n) is 7.52. The first-order valence-corrected chi connectivity index (χ1v) is 9.07. The number of aliphatic hydroxyl groups is 1. The van der Waals surface area contributed by atoms with Crippen LogP contribution in [-0.2, 0) is 6.54 Å². The van der Waals surface area contributed by atoms with Gasteiger partial charge in [0, 0.05) is 40.6 Å². The van der Waals surface area contributed by atoms with Crippen molar-refractivity contribution in [1.29, 1.82) is 0 Å². The average molecular weight is 439 g/mol. The van der Waals surface area contributed by atoms with Crippen LogP contribution < -0.4 is 5.43 Å². The van der Waals surface area contributed by atoms with Gasteiger partial charge in [-0.25, -0.2) is 0 Å². The molecule has 0 saturated carbocycles. The van der Waals surface area contributed by atoms with E-state index in [4.69, 9.17) is 23.2 Å². The summed E-state index contributed by atoms with van der Waals surface area (Å²) in [7, 11) is 0. The number of aromatic nitrogens is 1. The lowest BCUT2D eigenvalue weighted by atomic mass is 10.0. The van der Waals surface area contributed by atoms with Gasteiger partial charge < -0.3 is 9.67 Å². The van der Waals surface area contributed by atoms with Gasteiger partial charge in [0.15, 0.2) is 5.43 Å². The highest BCUT2D eigenvalue weighted by Gasteiger charge is 2.18. The minimum absolute atomic E-state index is 0.249. The third-order valence-electron chi connectivity index (χ3n) is 3.83. The fourth-order valence-corrected chi connectivity index (χ4v) is 3.45. The maximum atomic E-state index is 12.2. The molecule has 0 amide bonds. The molecule has 2 aromatic carbocycles. The lowest BCUT2D eigenvalue weighted by Crippen LogP contribution is -2.17. The number of hydrogen-bond acceptors (Lipinski definition) is 2. The summed E-state index contributed by atoms with van der Waals surface area (Å²) >= 11 is 15.6. The molecule has 1 aromatic heterocycles. The normalized spacial score (nSPS) is 12.2. The standard InChI is InChI=1S/C19H14BrCl2NO2/c20-13-4-1-3-12(9-13)10-23-8-7-17(24)15(11-23)19(25)14-5-2-6-16(21)18(14)22/h1-9,11,19,25H,10H2. The highest BCUT2D eigenvalue weighted by atomic mass is 79.9. The first-order chi connectivity index (χ1) is 12.0. The largest absolute Gasteiger partial charge is 0.383 e. The number of pyridine rings is 1. The minimum Gasteiger partial charge on any atom is -0.383 e. The Morgan fingerprint density at radius 3 is 2.60 bits per heavy atom. The van der Waals surface area contributed by atoms with Crippen molar-refractivity contribution >= 4 is 39.1 Å². The van der Waals surface area contributed by atoms with Crippen LogP contribution in [0.15, 0.2) is 70.2 Å². The Morgan fingerprint density at radius 2 is 1.84 bits per heavy atom. The van der Waals surface area contributed by atoms with E-state index in [1.165, 1.54) is 6.07 Å². The van der Waals surface area contributed by atoms with Crippen LogP contribution in [0.3, 0.4) is 0 Å². The average Bonchev–Trinajstić information content (AvgIpc) is 2.58. The van der Waals surface area contributed by atoms with Gasteiger partial charge in [-0.2, -0.15) is 0 Å². The lowest BCUT2D eigenvalue weighted by molar-refractivity contribution is 0.218. The maximum Gasteiger partial charge on any atom is 0.187 e. The van der Waals surface area contributed by atoms with Crippen molar-refractivity contribution in [2.24, 2.45) is 0 Å². The summed E-state index contributed by atoms with van der Waals surface area (Å²) in [6, 6.07) is 14.3. The zero-order valence-corrected chi connectivity index (χ0v) is 16.1. The molecule has 0 fully saturated rings. The van der Waals surface area contributed by atoms with E-state index in [1.54, 1.807) is 30.6 Å². The van der Waals surface area contributed by atoms with Crippen molar-refractivity contribution < 1.29 is 5.11 Å². The molecule has 0 aliphatic rings. The van der Waals surface area contributed by atoms with Gasteiger partial charge in [0.1, 0.15) is 6.10 Å². The summed E-state index contributed by atoms with van der Waals surface area (Å²) in [5.74, 6) is 0. The van der Waals surface area contributed by atoms with Crippen LogP contribution in [0, 0.1) is 0 Å².